The number of allylic oxidation sites excluding steroid dienone is 1. The molecule has 1 aromatic carbocycles. The number of ketones is 1. The second kappa shape index (κ2) is 13.4. The Morgan fingerprint density at radius 2 is 2.09 bits per heavy atom. The number of aromatic hydroxyl groups is 1. The standard InChI is InChI=1S/C27H38N2O5/c1-3-4-5-8-22(30)15-23(31)11-9-20-10-12-26(32)27(14-20)34-19-29-17-24-21(7-6-13-33-2)16-28-25(24)18-29/h10,12,14,16-17,22,30,32H,3-9,11,13,15,18-19H2,1-2H3/p+1. The number of nitrogens with zero attached hydrogens (tertiary/aromatic N) is 1. The van der Waals surface area contributed by atoms with E-state index in [0.717, 1.165) is 61.4 Å². The number of aliphatic hydroxyl groups excluding tert-OH is 1. The van der Waals surface area contributed by atoms with Crippen LogP contribution in [0.1, 0.15) is 63.9 Å². The SMILES string of the molecule is CCCCCC(O)CC(=O)CCc1ccc(O)c(OC[NH+]2C=C3C(CCCOC)=CN=C3C2)c1. The number of rotatable bonds is 16. The van der Waals surface area contributed by atoms with Crippen molar-refractivity contribution in [3.05, 3.63) is 47.3 Å². The quantitative estimate of drug-likeness (QED) is 0.322. The Morgan fingerprint density at radius 3 is 2.88 bits per heavy atom. The third-order valence-corrected chi connectivity index (χ3v) is 6.30. The summed E-state index contributed by atoms with van der Waals surface area (Å²) >= 11 is 0. The van der Waals surface area contributed by atoms with Gasteiger partial charge in [0.1, 0.15) is 24.2 Å². The molecule has 0 bridgehead atoms. The van der Waals surface area contributed by atoms with E-state index in [1.54, 1.807) is 19.2 Å². The van der Waals surface area contributed by atoms with E-state index >= 15 is 0 Å². The maximum absolute atomic E-state index is 12.2. The normalized spacial score (nSPS) is 17.7. The lowest BCUT2D eigenvalue weighted by molar-refractivity contribution is -0.851. The first-order valence-electron chi connectivity index (χ1n) is 12.5. The first kappa shape index (κ1) is 26.1. The number of phenolic OH excluding ortho intramolecular Hbond substituents is 1. The van der Waals surface area contributed by atoms with E-state index in [1.807, 2.05) is 12.3 Å². The van der Waals surface area contributed by atoms with Gasteiger partial charge in [0.25, 0.3) is 0 Å². The van der Waals surface area contributed by atoms with Crippen LogP contribution >= 0.6 is 0 Å². The Labute approximate surface area is 202 Å². The first-order chi connectivity index (χ1) is 16.5. The average molecular weight is 472 g/mol. The highest BCUT2D eigenvalue weighted by atomic mass is 16.5. The van der Waals surface area contributed by atoms with Crippen LogP contribution in [-0.2, 0) is 16.0 Å². The molecule has 7 nitrogen and oxygen atoms in total. The van der Waals surface area contributed by atoms with E-state index in [9.17, 15) is 15.0 Å². The fourth-order valence-corrected chi connectivity index (χ4v) is 4.35. The van der Waals surface area contributed by atoms with Gasteiger partial charge in [0.15, 0.2) is 11.5 Å². The molecular formula is C27H39N2O5+. The van der Waals surface area contributed by atoms with Crippen LogP contribution in [0.2, 0.25) is 0 Å². The summed E-state index contributed by atoms with van der Waals surface area (Å²) in [4.78, 5) is 17.9. The number of nitrogens with one attached hydrogen (secondary N) is 1. The van der Waals surface area contributed by atoms with Crippen LogP contribution in [0.5, 0.6) is 11.5 Å². The molecule has 0 saturated carbocycles. The molecule has 186 valence electrons. The molecule has 3 N–H and O–H groups in total. The lowest BCUT2D eigenvalue weighted by Crippen LogP contribution is -3.07. The molecule has 0 aromatic heterocycles. The number of methoxy groups -OCH3 is 1. The summed E-state index contributed by atoms with van der Waals surface area (Å²) in [5, 5.41) is 20.3. The topological polar surface area (TPSA) is 92.8 Å². The molecule has 0 saturated heterocycles. The van der Waals surface area contributed by atoms with Crippen LogP contribution in [-0.4, -0.2) is 54.8 Å². The number of quaternary nitrogens is 1. The van der Waals surface area contributed by atoms with Gasteiger partial charge in [-0.05, 0) is 49.0 Å². The number of unbranched alkanes of at least 4 members (excludes halogenated alkanes) is 2. The van der Waals surface area contributed by atoms with Gasteiger partial charge < -0.3 is 19.7 Å². The molecule has 2 unspecified atom stereocenters. The highest BCUT2D eigenvalue weighted by molar-refractivity contribution is 6.07. The van der Waals surface area contributed by atoms with Crippen LogP contribution in [0.4, 0.5) is 0 Å². The zero-order valence-electron chi connectivity index (χ0n) is 20.5. The summed E-state index contributed by atoms with van der Waals surface area (Å²) in [6.45, 7) is 4.00. The number of aliphatic hydroxyl groups is 1. The van der Waals surface area contributed by atoms with Crippen molar-refractivity contribution in [3.63, 3.8) is 0 Å². The molecule has 7 heteroatoms. The lowest BCUT2D eigenvalue weighted by atomic mass is 10.0. The Balaban J connectivity index is 1.46. The number of carbonyl (C=O) groups is 1. The Kier molecular flexibility index (Phi) is 10.3. The second-order valence-corrected chi connectivity index (χ2v) is 9.20. The van der Waals surface area contributed by atoms with Crippen molar-refractivity contribution in [2.75, 3.05) is 27.0 Å². The van der Waals surface area contributed by atoms with Crippen LogP contribution in [0.3, 0.4) is 0 Å². The largest absolute Gasteiger partial charge is 0.504 e. The number of ether oxygens (including phenoxy) is 2. The molecule has 0 fully saturated rings. The van der Waals surface area contributed by atoms with Crippen LogP contribution in [0.15, 0.2) is 46.7 Å². The number of hydrogen-bond donors (Lipinski definition) is 3. The van der Waals surface area contributed by atoms with Crippen molar-refractivity contribution >= 4 is 11.5 Å². The number of Topliss-reactive ketones (excluding diaryl/α,β-unsaturated/α-hetero) is 1. The number of benzene rings is 1. The van der Waals surface area contributed by atoms with E-state index in [2.05, 4.69) is 18.1 Å². The zero-order valence-corrected chi connectivity index (χ0v) is 20.5. The molecule has 2 heterocycles. The van der Waals surface area contributed by atoms with E-state index in [0.29, 0.717) is 31.7 Å². The summed E-state index contributed by atoms with van der Waals surface area (Å²) in [6, 6.07) is 5.23. The third-order valence-electron chi connectivity index (χ3n) is 6.30. The second-order valence-electron chi connectivity index (χ2n) is 9.20. The number of aliphatic imine (C=N–C) groups is 1. The van der Waals surface area contributed by atoms with Gasteiger partial charge in [-0.25, -0.2) is 0 Å². The van der Waals surface area contributed by atoms with Crippen molar-refractivity contribution < 1.29 is 29.4 Å². The van der Waals surface area contributed by atoms with Crippen molar-refractivity contribution in [1.82, 2.24) is 0 Å². The summed E-state index contributed by atoms with van der Waals surface area (Å²) in [6.07, 6.45) is 10.4. The van der Waals surface area contributed by atoms with Gasteiger partial charge in [0, 0.05) is 32.8 Å². The molecule has 0 aliphatic carbocycles. The Bertz CT molecular complexity index is 922. The Morgan fingerprint density at radius 1 is 1.24 bits per heavy atom. The van der Waals surface area contributed by atoms with Crippen LogP contribution in [0.25, 0.3) is 0 Å². The van der Waals surface area contributed by atoms with Crippen LogP contribution < -0.4 is 9.64 Å². The maximum Gasteiger partial charge on any atom is 0.227 e. The predicted octanol–water partition coefficient (Wildman–Crippen LogP) is 3.11. The molecule has 0 radical (unpaired) electrons. The fourth-order valence-electron chi connectivity index (χ4n) is 4.35. The average Bonchev–Trinajstić information content (AvgIpc) is 3.39. The monoisotopic (exact) mass is 471 g/mol. The van der Waals surface area contributed by atoms with E-state index in [4.69, 9.17) is 9.47 Å². The van der Waals surface area contributed by atoms with E-state index in [-0.39, 0.29) is 18.0 Å². The molecule has 0 amide bonds. The summed E-state index contributed by atoms with van der Waals surface area (Å²) in [5.41, 5.74) is 4.45. The fraction of sp³-hybridized carbons (Fsp3) is 0.556. The number of phenols is 1. The highest BCUT2D eigenvalue weighted by Crippen LogP contribution is 2.28. The molecule has 1 aromatic rings. The number of carbonyl (C=O) groups excluding carboxylic acids is 1. The van der Waals surface area contributed by atoms with Crippen molar-refractivity contribution in [2.24, 2.45) is 4.99 Å². The summed E-state index contributed by atoms with van der Waals surface area (Å²) in [5.74, 6) is 0.574. The maximum atomic E-state index is 12.2. The number of aryl methyl sites for hydroxylation is 1. The molecule has 2 aliphatic heterocycles. The molecule has 2 atom stereocenters. The molecular weight excluding hydrogens is 432 g/mol. The minimum atomic E-state index is -0.547. The number of hydrogen-bond acceptors (Lipinski definition) is 6. The van der Waals surface area contributed by atoms with Gasteiger partial charge in [-0.3, -0.25) is 14.7 Å². The predicted molar refractivity (Wildman–Crippen MR) is 132 cm³/mol. The first-order valence-corrected chi connectivity index (χ1v) is 12.5. The molecule has 3 rings (SSSR count). The highest BCUT2D eigenvalue weighted by Gasteiger charge is 2.30. The molecule has 2 aliphatic rings. The zero-order chi connectivity index (χ0) is 24.3. The van der Waals surface area contributed by atoms with Gasteiger partial charge in [-0.2, -0.15) is 0 Å². The van der Waals surface area contributed by atoms with Crippen molar-refractivity contribution in [3.8, 4) is 11.5 Å². The minimum Gasteiger partial charge on any atom is -0.504 e. The van der Waals surface area contributed by atoms with Crippen molar-refractivity contribution in [1.29, 1.82) is 0 Å². The van der Waals surface area contributed by atoms with Gasteiger partial charge in [0.05, 0.1) is 11.7 Å². The summed E-state index contributed by atoms with van der Waals surface area (Å²) < 4.78 is 11.1. The lowest BCUT2D eigenvalue weighted by Gasteiger charge is -2.13. The molecule has 34 heavy (non-hydrogen) atoms. The minimum absolute atomic E-state index is 0.0642. The van der Waals surface area contributed by atoms with Gasteiger partial charge in [-0.1, -0.05) is 32.3 Å². The van der Waals surface area contributed by atoms with Gasteiger partial charge in [0.2, 0.25) is 6.73 Å². The third kappa shape index (κ3) is 7.79. The van der Waals surface area contributed by atoms with Gasteiger partial charge >= 0.3 is 0 Å². The van der Waals surface area contributed by atoms with E-state index < -0.39 is 6.10 Å². The smallest absolute Gasteiger partial charge is 0.227 e. The summed E-state index contributed by atoms with van der Waals surface area (Å²) in [7, 11) is 1.71. The van der Waals surface area contributed by atoms with Crippen molar-refractivity contribution in [2.45, 2.75) is 70.8 Å². The number of fused-ring (bicyclic) bond motifs is 1. The van der Waals surface area contributed by atoms with Gasteiger partial charge in [-0.15, -0.1) is 0 Å². The van der Waals surface area contributed by atoms with E-state index in [1.165, 1.54) is 11.1 Å². The Hall–Kier alpha value is -2.48. The molecule has 0 spiro atoms. The van der Waals surface area contributed by atoms with Crippen LogP contribution in [0, 0.1) is 0 Å².